The number of benzene rings is 1. The molecule has 2 aromatic rings. The minimum atomic E-state index is 0.306. The molecular weight excluding hydrogens is 372 g/mol. The molecule has 7 heteroatoms. The lowest BCUT2D eigenvalue weighted by Crippen LogP contribution is -2.36. The molecule has 1 saturated carbocycles. The molecule has 0 atom stereocenters. The SMILES string of the molecule is CCc1nc(CNC(=NC)NCc2ccc(OC)cc2OC2CCCC2)cs1. The molecule has 3 rings (SSSR count). The lowest BCUT2D eigenvalue weighted by molar-refractivity contribution is 0.207. The third kappa shape index (κ3) is 5.61. The van der Waals surface area contributed by atoms with E-state index in [9.17, 15) is 0 Å². The molecule has 0 radical (unpaired) electrons. The highest BCUT2D eigenvalue weighted by molar-refractivity contribution is 7.09. The summed E-state index contributed by atoms with van der Waals surface area (Å²) >= 11 is 1.70. The maximum atomic E-state index is 6.27. The first kappa shape index (κ1) is 20.5. The van der Waals surface area contributed by atoms with Crippen LogP contribution in [0.15, 0.2) is 28.6 Å². The first-order chi connectivity index (χ1) is 13.7. The molecule has 0 saturated heterocycles. The number of nitrogens with one attached hydrogen (secondary N) is 2. The van der Waals surface area contributed by atoms with Gasteiger partial charge in [0.05, 0.1) is 30.5 Å². The van der Waals surface area contributed by atoms with E-state index in [0.717, 1.165) is 53.0 Å². The van der Waals surface area contributed by atoms with Crippen molar-refractivity contribution < 1.29 is 9.47 Å². The summed E-state index contributed by atoms with van der Waals surface area (Å²) in [4.78, 5) is 8.90. The Hall–Kier alpha value is -2.28. The second-order valence-electron chi connectivity index (χ2n) is 6.86. The zero-order valence-electron chi connectivity index (χ0n) is 17.0. The van der Waals surface area contributed by atoms with E-state index in [1.54, 1.807) is 25.5 Å². The van der Waals surface area contributed by atoms with E-state index < -0.39 is 0 Å². The van der Waals surface area contributed by atoms with Crippen LogP contribution in [0, 0.1) is 0 Å². The fourth-order valence-electron chi connectivity index (χ4n) is 3.27. The Labute approximate surface area is 171 Å². The molecular formula is C21H30N4O2S. The van der Waals surface area contributed by atoms with Crippen LogP contribution in [0.25, 0.3) is 0 Å². The molecule has 0 aliphatic heterocycles. The molecule has 28 heavy (non-hydrogen) atoms. The van der Waals surface area contributed by atoms with Crippen molar-refractivity contribution in [1.29, 1.82) is 0 Å². The average molecular weight is 403 g/mol. The number of hydrogen-bond acceptors (Lipinski definition) is 5. The number of nitrogens with zero attached hydrogens (tertiary/aromatic N) is 2. The standard InChI is InChI=1S/C21H30N4O2S/c1-4-20-25-16(14-28-20)13-24-21(22-2)23-12-15-9-10-18(26-3)11-19(15)27-17-7-5-6-8-17/h9-11,14,17H,4-8,12-13H2,1-3H3,(H2,22,23,24). The van der Waals surface area contributed by atoms with Crippen LogP contribution < -0.4 is 20.1 Å². The van der Waals surface area contributed by atoms with E-state index in [1.807, 2.05) is 12.1 Å². The number of thiazole rings is 1. The minimum Gasteiger partial charge on any atom is -0.497 e. The van der Waals surface area contributed by atoms with E-state index in [1.165, 1.54) is 12.8 Å². The number of ether oxygens (including phenoxy) is 2. The van der Waals surface area contributed by atoms with E-state index in [0.29, 0.717) is 19.2 Å². The Balaban J connectivity index is 1.59. The van der Waals surface area contributed by atoms with Gasteiger partial charge in [-0.15, -0.1) is 11.3 Å². The van der Waals surface area contributed by atoms with Crippen LogP contribution in [-0.4, -0.2) is 31.2 Å². The van der Waals surface area contributed by atoms with Crippen molar-refractivity contribution in [2.24, 2.45) is 4.99 Å². The van der Waals surface area contributed by atoms with Crippen molar-refractivity contribution in [3.63, 3.8) is 0 Å². The quantitative estimate of drug-likeness (QED) is 0.518. The first-order valence-corrected chi connectivity index (χ1v) is 10.8. The average Bonchev–Trinajstić information content (AvgIpc) is 3.40. The zero-order chi connectivity index (χ0) is 19.8. The van der Waals surface area contributed by atoms with Gasteiger partial charge in [-0.05, 0) is 44.2 Å². The Morgan fingerprint density at radius 2 is 2.04 bits per heavy atom. The van der Waals surface area contributed by atoms with Crippen molar-refractivity contribution in [3.8, 4) is 11.5 Å². The highest BCUT2D eigenvalue weighted by atomic mass is 32.1. The molecule has 1 fully saturated rings. The molecule has 1 aromatic carbocycles. The number of aryl methyl sites for hydroxylation is 1. The molecule has 0 amide bonds. The molecule has 6 nitrogen and oxygen atoms in total. The molecule has 0 bridgehead atoms. The summed E-state index contributed by atoms with van der Waals surface area (Å²) in [6.45, 7) is 3.41. The topological polar surface area (TPSA) is 67.8 Å². The number of hydrogen-bond donors (Lipinski definition) is 2. The molecule has 1 aromatic heterocycles. The van der Waals surface area contributed by atoms with Crippen LogP contribution in [0.5, 0.6) is 11.5 Å². The molecule has 1 aliphatic carbocycles. The number of rotatable bonds is 8. The molecule has 152 valence electrons. The van der Waals surface area contributed by atoms with E-state index in [4.69, 9.17) is 9.47 Å². The van der Waals surface area contributed by atoms with E-state index >= 15 is 0 Å². The Morgan fingerprint density at radius 3 is 2.71 bits per heavy atom. The third-order valence-electron chi connectivity index (χ3n) is 4.88. The van der Waals surface area contributed by atoms with Crippen molar-refractivity contribution in [2.45, 2.75) is 58.2 Å². The predicted molar refractivity (Wildman–Crippen MR) is 114 cm³/mol. The summed E-state index contributed by atoms with van der Waals surface area (Å²) in [6, 6.07) is 6.00. The van der Waals surface area contributed by atoms with Gasteiger partial charge < -0.3 is 20.1 Å². The van der Waals surface area contributed by atoms with Crippen molar-refractivity contribution in [2.75, 3.05) is 14.2 Å². The van der Waals surface area contributed by atoms with E-state index in [-0.39, 0.29) is 0 Å². The maximum absolute atomic E-state index is 6.27. The van der Waals surface area contributed by atoms with Crippen LogP contribution >= 0.6 is 11.3 Å². The zero-order valence-corrected chi connectivity index (χ0v) is 17.8. The van der Waals surface area contributed by atoms with Crippen molar-refractivity contribution in [1.82, 2.24) is 15.6 Å². The van der Waals surface area contributed by atoms with Crippen molar-refractivity contribution >= 4 is 17.3 Å². The second kappa shape index (κ2) is 10.3. The highest BCUT2D eigenvalue weighted by Gasteiger charge is 2.18. The van der Waals surface area contributed by atoms with Crippen LogP contribution in [-0.2, 0) is 19.5 Å². The van der Waals surface area contributed by atoms with Crippen molar-refractivity contribution in [3.05, 3.63) is 39.8 Å². The molecule has 1 aliphatic rings. The van der Waals surface area contributed by atoms with Crippen LogP contribution in [0.1, 0.15) is 48.9 Å². The maximum Gasteiger partial charge on any atom is 0.191 e. The normalized spacial score (nSPS) is 14.9. The Bertz CT molecular complexity index is 784. The van der Waals surface area contributed by atoms with Gasteiger partial charge in [0.1, 0.15) is 11.5 Å². The lowest BCUT2D eigenvalue weighted by Gasteiger charge is -2.18. The summed E-state index contributed by atoms with van der Waals surface area (Å²) in [7, 11) is 3.46. The van der Waals surface area contributed by atoms with Gasteiger partial charge in [-0.25, -0.2) is 4.98 Å². The van der Waals surface area contributed by atoms with Gasteiger partial charge >= 0.3 is 0 Å². The number of methoxy groups -OCH3 is 1. The van der Waals surface area contributed by atoms with Crippen LogP contribution in [0.2, 0.25) is 0 Å². The van der Waals surface area contributed by atoms with Crippen LogP contribution in [0.4, 0.5) is 0 Å². The van der Waals surface area contributed by atoms with Gasteiger partial charge in [-0.2, -0.15) is 0 Å². The largest absolute Gasteiger partial charge is 0.497 e. The minimum absolute atomic E-state index is 0.306. The second-order valence-corrected chi connectivity index (χ2v) is 7.81. The monoisotopic (exact) mass is 402 g/mol. The fourth-order valence-corrected chi connectivity index (χ4v) is 4.01. The Morgan fingerprint density at radius 1 is 1.25 bits per heavy atom. The fraction of sp³-hybridized carbons (Fsp3) is 0.524. The number of aliphatic imine (C=N–C) groups is 1. The van der Waals surface area contributed by atoms with Gasteiger partial charge in [0.2, 0.25) is 0 Å². The van der Waals surface area contributed by atoms with E-state index in [2.05, 4.69) is 39.0 Å². The van der Waals surface area contributed by atoms with Gasteiger partial charge in [0, 0.05) is 30.6 Å². The molecule has 1 heterocycles. The van der Waals surface area contributed by atoms with Gasteiger partial charge in [0.25, 0.3) is 0 Å². The van der Waals surface area contributed by atoms with Gasteiger partial charge in [0.15, 0.2) is 5.96 Å². The first-order valence-electron chi connectivity index (χ1n) is 9.93. The van der Waals surface area contributed by atoms with Gasteiger partial charge in [-0.3, -0.25) is 4.99 Å². The van der Waals surface area contributed by atoms with Crippen LogP contribution in [0.3, 0.4) is 0 Å². The lowest BCUT2D eigenvalue weighted by atomic mass is 10.2. The summed E-state index contributed by atoms with van der Waals surface area (Å²) in [5.74, 6) is 2.45. The summed E-state index contributed by atoms with van der Waals surface area (Å²) in [6.07, 6.45) is 6.02. The number of aromatic nitrogens is 1. The Kier molecular flexibility index (Phi) is 7.54. The summed E-state index contributed by atoms with van der Waals surface area (Å²) < 4.78 is 11.6. The molecule has 0 unspecified atom stereocenters. The highest BCUT2D eigenvalue weighted by Crippen LogP contribution is 2.30. The predicted octanol–water partition coefficient (Wildman–Crippen LogP) is 3.90. The number of guanidine groups is 1. The summed E-state index contributed by atoms with van der Waals surface area (Å²) in [5, 5.41) is 9.95. The third-order valence-corrected chi connectivity index (χ3v) is 5.92. The molecule has 0 spiro atoms. The summed E-state index contributed by atoms with van der Waals surface area (Å²) in [5.41, 5.74) is 2.14. The van der Waals surface area contributed by atoms with Gasteiger partial charge in [-0.1, -0.05) is 6.92 Å². The molecule has 2 N–H and O–H groups in total. The smallest absolute Gasteiger partial charge is 0.191 e.